The average Bonchev–Trinajstić information content (AvgIpc) is 3.13. The Kier molecular flexibility index (Phi) is 5.19. The van der Waals surface area contributed by atoms with Gasteiger partial charge < -0.3 is 15.3 Å². The maximum atomic E-state index is 10.9. The van der Waals surface area contributed by atoms with Crippen molar-refractivity contribution in [2.75, 3.05) is 0 Å². The normalized spacial score (nSPS) is 36.7. The van der Waals surface area contributed by atoms with E-state index in [2.05, 4.69) is 11.8 Å². The number of allylic oxidation sites excluding steroid dienone is 2. The van der Waals surface area contributed by atoms with Gasteiger partial charge in [-0.25, -0.2) is 0 Å². The zero-order valence-corrected chi connectivity index (χ0v) is 15.3. The van der Waals surface area contributed by atoms with E-state index in [1.54, 1.807) is 13.0 Å². The predicted octanol–water partition coefficient (Wildman–Crippen LogP) is 3.54. The van der Waals surface area contributed by atoms with Gasteiger partial charge in [-0.1, -0.05) is 30.7 Å². The lowest BCUT2D eigenvalue weighted by Gasteiger charge is -2.19. The first-order valence-electron chi connectivity index (χ1n) is 12.0. The third-order valence-electron chi connectivity index (χ3n) is 5.20. The molecule has 0 aromatic heterocycles. The molecule has 3 N–H and O–H groups in total. The maximum absolute atomic E-state index is 10.9. The summed E-state index contributed by atoms with van der Waals surface area (Å²) in [5.74, 6) is 2.58. The highest BCUT2D eigenvalue weighted by molar-refractivity contribution is 5.66. The third-order valence-corrected chi connectivity index (χ3v) is 5.20. The summed E-state index contributed by atoms with van der Waals surface area (Å²) >= 11 is 0. The largest absolute Gasteiger partial charge is 0.481 e. The van der Waals surface area contributed by atoms with Crippen molar-refractivity contribution >= 4 is 5.97 Å². The minimum absolute atomic E-state index is 0.0108. The number of aliphatic hydroxyl groups excluding tert-OH is 2. The lowest BCUT2D eigenvalue weighted by molar-refractivity contribution is -0.137. The summed E-state index contributed by atoms with van der Waals surface area (Å²) in [6.07, 6.45) is -3.67. The molecule has 6 atom stereocenters. The van der Waals surface area contributed by atoms with Crippen LogP contribution in [0.4, 0.5) is 0 Å². The highest BCUT2D eigenvalue weighted by Gasteiger charge is 2.44. The lowest BCUT2D eigenvalue weighted by atomic mass is 9.89. The van der Waals surface area contributed by atoms with Crippen LogP contribution in [-0.4, -0.2) is 33.5 Å². The standard InChI is InChI=1S/C22H32O4/c1-3-4-7-15(2)20(23)11-10-18-19-13-16(8-5-6-9-22(25)26)12-17(19)14-21(18)24/h8,10-11,15,17-21,23-24H,5-7,9,12-14H2,1-2H3,(H,25,26)/b11-10+,16-8+/t15?,17-,18+,19-,20+,21+/m0/s1/i5D2,6D2,7D2. The van der Waals surface area contributed by atoms with Gasteiger partial charge in [0, 0.05) is 26.9 Å². The van der Waals surface area contributed by atoms with Crippen LogP contribution in [0.15, 0.2) is 23.8 Å². The molecule has 2 aliphatic carbocycles. The van der Waals surface area contributed by atoms with E-state index in [9.17, 15) is 15.0 Å². The quantitative estimate of drug-likeness (QED) is 0.453. The first-order chi connectivity index (χ1) is 14.6. The predicted molar refractivity (Wildman–Crippen MR) is 102 cm³/mol. The summed E-state index contributed by atoms with van der Waals surface area (Å²) in [6.45, 7) is 3.10. The van der Waals surface area contributed by atoms with E-state index in [0.29, 0.717) is 24.8 Å². The van der Waals surface area contributed by atoms with Gasteiger partial charge in [-0.3, -0.25) is 4.79 Å². The second kappa shape index (κ2) is 9.94. The molecule has 144 valence electrons. The molecule has 0 aromatic carbocycles. The molecule has 1 unspecified atom stereocenters. The molecule has 2 saturated carbocycles. The fraction of sp³-hybridized carbons (Fsp3) is 0.682. The first-order valence-corrected chi connectivity index (χ1v) is 9.02. The van der Waals surface area contributed by atoms with Crippen molar-refractivity contribution in [2.45, 2.75) is 70.9 Å². The van der Waals surface area contributed by atoms with Gasteiger partial charge in [-0.2, -0.15) is 0 Å². The summed E-state index contributed by atoms with van der Waals surface area (Å²) in [5, 5.41) is 29.8. The number of carbonyl (C=O) groups is 1. The van der Waals surface area contributed by atoms with E-state index in [1.165, 1.54) is 19.1 Å². The van der Waals surface area contributed by atoms with Crippen LogP contribution in [0.5, 0.6) is 0 Å². The molecule has 2 fully saturated rings. The van der Waals surface area contributed by atoms with Gasteiger partial charge in [-0.05, 0) is 56.7 Å². The number of aliphatic hydroxyl groups is 2. The molecule has 0 amide bonds. The SMILES string of the molecule is [2H]C([2H])(C#CC)C(C)[C@H](O)/C=C/[C@@H]1[C@H]2C/C(=C/C([2H])([2H])C([2H])([2H])CC(=O)O)C[C@H]2C[C@H]1O. The number of hydrogen-bond donors (Lipinski definition) is 3. The number of hydrogen-bond acceptors (Lipinski definition) is 3. The Balaban J connectivity index is 2.14. The maximum Gasteiger partial charge on any atom is 0.303 e. The summed E-state index contributed by atoms with van der Waals surface area (Å²) in [4.78, 5) is 10.9. The molecular weight excluding hydrogens is 328 g/mol. The molecule has 0 radical (unpaired) electrons. The molecule has 0 spiro atoms. The summed E-state index contributed by atoms with van der Waals surface area (Å²) < 4.78 is 47.7. The topological polar surface area (TPSA) is 77.8 Å². The van der Waals surface area contributed by atoms with Gasteiger partial charge >= 0.3 is 5.97 Å². The Bertz CT molecular complexity index is 826. The zero-order valence-electron chi connectivity index (χ0n) is 21.3. The smallest absolute Gasteiger partial charge is 0.303 e. The van der Waals surface area contributed by atoms with E-state index in [1.807, 2.05) is 0 Å². The Morgan fingerprint density at radius 2 is 2.23 bits per heavy atom. The fourth-order valence-corrected chi connectivity index (χ4v) is 3.85. The molecule has 26 heavy (non-hydrogen) atoms. The molecular formula is C22H32O4. The Labute approximate surface area is 165 Å². The molecule has 4 heteroatoms. The van der Waals surface area contributed by atoms with Gasteiger partial charge in [0.1, 0.15) is 0 Å². The minimum atomic E-state index is -2.55. The Morgan fingerprint density at radius 3 is 2.92 bits per heavy atom. The van der Waals surface area contributed by atoms with Crippen LogP contribution >= 0.6 is 0 Å². The molecule has 0 aromatic rings. The van der Waals surface area contributed by atoms with E-state index in [4.69, 9.17) is 13.3 Å². The molecule has 2 rings (SSSR count). The van der Waals surface area contributed by atoms with Crippen LogP contribution in [0.25, 0.3) is 0 Å². The highest BCUT2D eigenvalue weighted by atomic mass is 16.4. The average molecular weight is 367 g/mol. The van der Waals surface area contributed by atoms with Crippen molar-refractivity contribution in [3.8, 4) is 11.8 Å². The molecule has 0 aliphatic heterocycles. The lowest BCUT2D eigenvalue weighted by Crippen LogP contribution is -2.19. The monoisotopic (exact) mass is 366 g/mol. The summed E-state index contributed by atoms with van der Waals surface area (Å²) in [7, 11) is 0. The van der Waals surface area contributed by atoms with Gasteiger partial charge in [-0.15, -0.1) is 11.8 Å². The van der Waals surface area contributed by atoms with E-state index >= 15 is 0 Å². The van der Waals surface area contributed by atoms with Crippen LogP contribution in [-0.2, 0) is 4.79 Å². The number of carboxylic acids is 1. The van der Waals surface area contributed by atoms with Crippen LogP contribution in [0.1, 0.15) is 66.9 Å². The summed E-state index contributed by atoms with van der Waals surface area (Å²) in [6, 6.07) is 0. The van der Waals surface area contributed by atoms with Crippen LogP contribution < -0.4 is 0 Å². The van der Waals surface area contributed by atoms with Crippen molar-refractivity contribution < 1.29 is 28.3 Å². The van der Waals surface area contributed by atoms with Crippen LogP contribution in [0.3, 0.4) is 0 Å². The van der Waals surface area contributed by atoms with Crippen molar-refractivity contribution in [1.29, 1.82) is 0 Å². The van der Waals surface area contributed by atoms with Crippen LogP contribution in [0, 0.1) is 35.5 Å². The van der Waals surface area contributed by atoms with Gasteiger partial charge in [0.15, 0.2) is 0 Å². The van der Waals surface area contributed by atoms with Crippen molar-refractivity contribution in [3.63, 3.8) is 0 Å². The second-order valence-corrected chi connectivity index (χ2v) is 7.09. The van der Waals surface area contributed by atoms with Gasteiger partial charge in [0.2, 0.25) is 0 Å². The van der Waals surface area contributed by atoms with E-state index < -0.39 is 49.6 Å². The third kappa shape index (κ3) is 5.72. The van der Waals surface area contributed by atoms with Crippen molar-refractivity contribution in [1.82, 2.24) is 0 Å². The molecule has 4 nitrogen and oxygen atoms in total. The number of rotatable bonds is 8. The molecule has 0 bridgehead atoms. The van der Waals surface area contributed by atoms with Crippen LogP contribution in [0.2, 0.25) is 0 Å². The van der Waals surface area contributed by atoms with Gasteiger partial charge in [0.05, 0.1) is 12.2 Å². The van der Waals surface area contributed by atoms with E-state index in [-0.39, 0.29) is 17.8 Å². The van der Waals surface area contributed by atoms with Crippen molar-refractivity contribution in [2.24, 2.45) is 23.7 Å². The fourth-order valence-electron chi connectivity index (χ4n) is 3.85. The zero-order chi connectivity index (χ0) is 24.5. The Morgan fingerprint density at radius 1 is 1.46 bits per heavy atom. The number of fused-ring (bicyclic) bond motifs is 1. The highest BCUT2D eigenvalue weighted by Crippen LogP contribution is 2.50. The molecule has 0 saturated heterocycles. The Hall–Kier alpha value is -1.57. The van der Waals surface area contributed by atoms with Crippen molar-refractivity contribution in [3.05, 3.63) is 23.8 Å². The molecule has 2 aliphatic rings. The second-order valence-electron chi connectivity index (χ2n) is 7.09. The molecule has 0 heterocycles. The number of aliphatic carboxylic acids is 1. The van der Waals surface area contributed by atoms with Gasteiger partial charge in [0.25, 0.3) is 0 Å². The first kappa shape index (κ1) is 13.6. The minimum Gasteiger partial charge on any atom is -0.481 e. The summed E-state index contributed by atoms with van der Waals surface area (Å²) in [5.41, 5.74) is 0.702. The van der Waals surface area contributed by atoms with E-state index in [0.717, 1.165) is 0 Å². The number of carboxylic acid groups (broad SMARTS) is 1.